The summed E-state index contributed by atoms with van der Waals surface area (Å²) in [5.74, 6) is 0.599. The zero-order valence-corrected chi connectivity index (χ0v) is 10.2. The molecule has 4 heteroatoms. The lowest BCUT2D eigenvalue weighted by Gasteiger charge is -2.09. The van der Waals surface area contributed by atoms with Crippen molar-refractivity contribution in [2.75, 3.05) is 12.4 Å². The highest BCUT2D eigenvalue weighted by Crippen LogP contribution is 2.20. The first-order chi connectivity index (χ1) is 8.29. The second-order valence-electron chi connectivity index (χ2n) is 3.54. The number of benzene rings is 1. The standard InChI is InChI=1S/C13H13ClN2O/c1-17-13-12(3-2-8-15-13)16-9-10-4-6-11(14)7-5-10/h2-8,16H,9H2,1H3. The maximum atomic E-state index is 5.83. The number of halogens is 1. The van der Waals surface area contributed by atoms with Crippen molar-refractivity contribution in [1.29, 1.82) is 0 Å². The van der Waals surface area contributed by atoms with Crippen LogP contribution < -0.4 is 10.1 Å². The van der Waals surface area contributed by atoms with Crippen LogP contribution in [0, 0.1) is 0 Å². The number of hydrogen-bond acceptors (Lipinski definition) is 3. The van der Waals surface area contributed by atoms with Crippen molar-refractivity contribution in [3.8, 4) is 5.88 Å². The molecule has 17 heavy (non-hydrogen) atoms. The second-order valence-corrected chi connectivity index (χ2v) is 3.98. The molecule has 88 valence electrons. The monoisotopic (exact) mass is 248 g/mol. The van der Waals surface area contributed by atoms with Crippen molar-refractivity contribution < 1.29 is 4.74 Å². The molecule has 2 rings (SSSR count). The van der Waals surface area contributed by atoms with Gasteiger partial charge in [-0.25, -0.2) is 4.98 Å². The first-order valence-electron chi connectivity index (χ1n) is 5.27. The van der Waals surface area contributed by atoms with E-state index >= 15 is 0 Å². The Morgan fingerprint density at radius 3 is 2.71 bits per heavy atom. The van der Waals surface area contributed by atoms with E-state index in [0.717, 1.165) is 16.3 Å². The zero-order chi connectivity index (χ0) is 12.1. The van der Waals surface area contributed by atoms with Gasteiger partial charge < -0.3 is 10.1 Å². The predicted molar refractivity (Wildman–Crippen MR) is 69.6 cm³/mol. The number of methoxy groups -OCH3 is 1. The smallest absolute Gasteiger partial charge is 0.237 e. The molecule has 0 atom stereocenters. The molecule has 0 aliphatic rings. The van der Waals surface area contributed by atoms with Gasteiger partial charge >= 0.3 is 0 Å². The molecule has 1 aromatic carbocycles. The van der Waals surface area contributed by atoms with E-state index in [2.05, 4.69) is 10.3 Å². The number of nitrogens with zero attached hydrogens (tertiary/aromatic N) is 1. The highest BCUT2D eigenvalue weighted by molar-refractivity contribution is 6.30. The quantitative estimate of drug-likeness (QED) is 0.901. The highest BCUT2D eigenvalue weighted by atomic mass is 35.5. The molecule has 0 unspecified atom stereocenters. The van der Waals surface area contributed by atoms with E-state index < -0.39 is 0 Å². The molecular weight excluding hydrogens is 236 g/mol. The molecule has 0 saturated heterocycles. The third kappa shape index (κ3) is 3.11. The molecule has 1 N–H and O–H groups in total. The van der Waals surface area contributed by atoms with Gasteiger partial charge in [0.05, 0.1) is 12.8 Å². The lowest BCUT2D eigenvalue weighted by atomic mass is 10.2. The van der Waals surface area contributed by atoms with Gasteiger partial charge in [-0.15, -0.1) is 0 Å². The third-order valence-corrected chi connectivity index (χ3v) is 2.61. The van der Waals surface area contributed by atoms with Crippen molar-refractivity contribution in [1.82, 2.24) is 4.98 Å². The Bertz CT molecular complexity index is 485. The minimum absolute atomic E-state index is 0.599. The topological polar surface area (TPSA) is 34.1 Å². The Kier molecular flexibility index (Phi) is 3.83. The van der Waals surface area contributed by atoms with E-state index in [0.29, 0.717) is 12.4 Å². The summed E-state index contributed by atoms with van der Waals surface area (Å²) in [7, 11) is 1.61. The molecule has 1 aromatic heterocycles. The number of pyridine rings is 1. The normalized spacial score (nSPS) is 10.0. The molecule has 0 spiro atoms. The van der Waals surface area contributed by atoms with Gasteiger partial charge in [0.1, 0.15) is 0 Å². The fourth-order valence-corrected chi connectivity index (χ4v) is 1.61. The molecule has 3 nitrogen and oxygen atoms in total. The van der Waals surface area contributed by atoms with Gasteiger partial charge in [-0.3, -0.25) is 0 Å². The Morgan fingerprint density at radius 2 is 2.00 bits per heavy atom. The maximum absolute atomic E-state index is 5.83. The molecular formula is C13H13ClN2O. The van der Waals surface area contributed by atoms with Crippen LogP contribution in [0.15, 0.2) is 42.6 Å². The van der Waals surface area contributed by atoms with Crippen LogP contribution in [0.4, 0.5) is 5.69 Å². The van der Waals surface area contributed by atoms with Crippen molar-refractivity contribution in [2.45, 2.75) is 6.54 Å². The summed E-state index contributed by atoms with van der Waals surface area (Å²) in [5.41, 5.74) is 2.03. The summed E-state index contributed by atoms with van der Waals surface area (Å²) in [6, 6.07) is 11.5. The summed E-state index contributed by atoms with van der Waals surface area (Å²) in [6.45, 7) is 0.708. The first-order valence-corrected chi connectivity index (χ1v) is 5.64. The lowest BCUT2D eigenvalue weighted by molar-refractivity contribution is 0.399. The average molecular weight is 249 g/mol. The Morgan fingerprint density at radius 1 is 1.24 bits per heavy atom. The third-order valence-electron chi connectivity index (χ3n) is 2.36. The van der Waals surface area contributed by atoms with Gasteiger partial charge in [0, 0.05) is 17.8 Å². The largest absolute Gasteiger partial charge is 0.480 e. The molecule has 0 aliphatic carbocycles. The van der Waals surface area contributed by atoms with Crippen LogP contribution in [0.2, 0.25) is 5.02 Å². The Hall–Kier alpha value is -1.74. The van der Waals surface area contributed by atoms with Gasteiger partial charge in [-0.2, -0.15) is 0 Å². The Balaban J connectivity index is 2.04. The number of rotatable bonds is 4. The van der Waals surface area contributed by atoms with Crippen molar-refractivity contribution in [3.63, 3.8) is 0 Å². The van der Waals surface area contributed by atoms with Crippen LogP contribution in [0.3, 0.4) is 0 Å². The van der Waals surface area contributed by atoms with Crippen LogP contribution in [0.5, 0.6) is 5.88 Å². The fraction of sp³-hybridized carbons (Fsp3) is 0.154. The van der Waals surface area contributed by atoms with Crippen LogP contribution in [0.1, 0.15) is 5.56 Å². The van der Waals surface area contributed by atoms with Gasteiger partial charge in [-0.05, 0) is 29.8 Å². The molecule has 0 saturated carbocycles. The zero-order valence-electron chi connectivity index (χ0n) is 9.48. The molecule has 0 bridgehead atoms. The molecule has 2 aromatic rings. The minimum atomic E-state index is 0.599. The van der Waals surface area contributed by atoms with Crippen LogP contribution in [-0.2, 0) is 6.54 Å². The minimum Gasteiger partial charge on any atom is -0.480 e. The number of anilines is 1. The van der Waals surface area contributed by atoms with Crippen molar-refractivity contribution >= 4 is 17.3 Å². The molecule has 1 heterocycles. The highest BCUT2D eigenvalue weighted by Gasteiger charge is 2.02. The fourth-order valence-electron chi connectivity index (χ4n) is 1.49. The number of aromatic nitrogens is 1. The number of ether oxygens (including phenoxy) is 1. The maximum Gasteiger partial charge on any atom is 0.237 e. The molecule has 0 fully saturated rings. The number of nitrogens with one attached hydrogen (secondary N) is 1. The van der Waals surface area contributed by atoms with E-state index in [1.165, 1.54) is 0 Å². The average Bonchev–Trinajstić information content (AvgIpc) is 2.38. The van der Waals surface area contributed by atoms with Gasteiger partial charge in [-0.1, -0.05) is 23.7 Å². The van der Waals surface area contributed by atoms with Gasteiger partial charge in [0.25, 0.3) is 0 Å². The van der Waals surface area contributed by atoms with E-state index in [9.17, 15) is 0 Å². The summed E-state index contributed by atoms with van der Waals surface area (Å²) in [4.78, 5) is 4.12. The van der Waals surface area contributed by atoms with Crippen LogP contribution >= 0.6 is 11.6 Å². The van der Waals surface area contributed by atoms with Crippen molar-refractivity contribution in [3.05, 3.63) is 53.2 Å². The predicted octanol–water partition coefficient (Wildman–Crippen LogP) is 3.36. The number of hydrogen-bond donors (Lipinski definition) is 1. The summed E-state index contributed by atoms with van der Waals surface area (Å²) < 4.78 is 5.16. The summed E-state index contributed by atoms with van der Waals surface area (Å²) in [5, 5.41) is 4.01. The van der Waals surface area contributed by atoms with Gasteiger partial charge in [0.15, 0.2) is 0 Å². The second kappa shape index (κ2) is 5.55. The van der Waals surface area contributed by atoms with Gasteiger partial charge in [0.2, 0.25) is 5.88 Å². The SMILES string of the molecule is COc1ncccc1NCc1ccc(Cl)cc1. The lowest BCUT2D eigenvalue weighted by Crippen LogP contribution is -2.02. The van der Waals surface area contributed by atoms with E-state index in [1.54, 1.807) is 13.3 Å². The Labute approximate surface area is 105 Å². The van der Waals surface area contributed by atoms with Crippen LogP contribution in [-0.4, -0.2) is 12.1 Å². The van der Waals surface area contributed by atoms with E-state index in [4.69, 9.17) is 16.3 Å². The van der Waals surface area contributed by atoms with Crippen molar-refractivity contribution in [2.24, 2.45) is 0 Å². The summed E-state index contributed by atoms with van der Waals surface area (Å²) >= 11 is 5.83. The summed E-state index contributed by atoms with van der Waals surface area (Å²) in [6.07, 6.45) is 1.70. The molecule has 0 amide bonds. The van der Waals surface area contributed by atoms with Crippen LogP contribution in [0.25, 0.3) is 0 Å². The first kappa shape index (κ1) is 11.7. The van der Waals surface area contributed by atoms with E-state index in [1.807, 2.05) is 36.4 Å². The molecule has 0 radical (unpaired) electrons. The molecule has 0 aliphatic heterocycles. The van der Waals surface area contributed by atoms with E-state index in [-0.39, 0.29) is 0 Å².